The van der Waals surface area contributed by atoms with Crippen molar-refractivity contribution in [3.63, 3.8) is 0 Å². The summed E-state index contributed by atoms with van der Waals surface area (Å²) in [7, 11) is 0. The van der Waals surface area contributed by atoms with Gasteiger partial charge in [-0.25, -0.2) is 9.29 Å². The first-order valence-electron chi connectivity index (χ1n) is 11.1. The van der Waals surface area contributed by atoms with Crippen LogP contribution in [-0.4, -0.2) is 50.9 Å². The Hall–Kier alpha value is -2.04. The number of nitrogens with zero attached hydrogens (tertiary/aromatic N) is 4. The molecular formula is C23H27F3N4O2S. The highest BCUT2D eigenvalue weighted by Gasteiger charge is 2.52. The minimum atomic E-state index is -4.53. The molecule has 2 aliphatic heterocycles. The van der Waals surface area contributed by atoms with Gasteiger partial charge in [-0.1, -0.05) is 36.2 Å². The van der Waals surface area contributed by atoms with Crippen LogP contribution >= 0.6 is 11.9 Å². The molecule has 5 rings (SSSR count). The molecule has 0 amide bonds. The average molecular weight is 481 g/mol. The van der Waals surface area contributed by atoms with Crippen molar-refractivity contribution in [3.05, 3.63) is 57.8 Å². The van der Waals surface area contributed by atoms with Crippen LogP contribution in [0.25, 0.3) is 0 Å². The second-order valence-electron chi connectivity index (χ2n) is 9.52. The molecule has 178 valence electrons. The average Bonchev–Trinajstić information content (AvgIpc) is 3.11. The zero-order valence-corrected chi connectivity index (χ0v) is 19.3. The molecule has 0 bridgehead atoms. The van der Waals surface area contributed by atoms with E-state index in [-0.39, 0.29) is 18.1 Å². The fraction of sp³-hybridized carbons (Fsp3) is 0.565. The van der Waals surface area contributed by atoms with Gasteiger partial charge >= 0.3 is 6.18 Å². The molecule has 1 spiro atoms. The van der Waals surface area contributed by atoms with Crippen LogP contribution in [0.1, 0.15) is 29.8 Å². The normalized spacial score (nSPS) is 20.5. The monoisotopic (exact) mass is 480 g/mol. The molecule has 2 fully saturated rings. The summed E-state index contributed by atoms with van der Waals surface area (Å²) in [5.74, 6) is 0.326. The Balaban J connectivity index is 1.26. The van der Waals surface area contributed by atoms with Crippen LogP contribution in [0, 0.1) is 11.3 Å². The van der Waals surface area contributed by atoms with E-state index >= 15 is 0 Å². The number of hydrogen-bond donors (Lipinski definition) is 0. The Kier molecular flexibility index (Phi) is 5.95. The van der Waals surface area contributed by atoms with Crippen molar-refractivity contribution >= 4 is 11.9 Å². The minimum absolute atomic E-state index is 0.103. The third-order valence-electron chi connectivity index (χ3n) is 6.91. The summed E-state index contributed by atoms with van der Waals surface area (Å²) >= 11 is 1.75. The van der Waals surface area contributed by atoms with E-state index in [1.54, 1.807) is 11.9 Å². The zero-order chi connectivity index (χ0) is 23.2. The SMILES string of the molecule is CSN1CC2(CC(COc3cnc(CN4Cc5ccccc5C4)n(CC(F)(F)F)c3=O)C2)C1. The quantitative estimate of drug-likeness (QED) is 0.564. The molecule has 0 N–H and O–H groups in total. The lowest BCUT2D eigenvalue weighted by molar-refractivity contribution is -0.142. The van der Waals surface area contributed by atoms with Gasteiger partial charge in [0, 0.05) is 26.2 Å². The minimum Gasteiger partial charge on any atom is -0.486 e. The largest absolute Gasteiger partial charge is 0.486 e. The van der Waals surface area contributed by atoms with E-state index in [1.165, 1.54) is 6.20 Å². The van der Waals surface area contributed by atoms with Crippen molar-refractivity contribution in [2.24, 2.45) is 11.3 Å². The molecule has 1 aromatic carbocycles. The Morgan fingerprint density at radius 3 is 2.45 bits per heavy atom. The summed E-state index contributed by atoms with van der Waals surface area (Å²) < 4.78 is 48.6. The highest BCUT2D eigenvalue weighted by atomic mass is 32.2. The molecule has 0 unspecified atom stereocenters. The van der Waals surface area contributed by atoms with Gasteiger partial charge in [-0.3, -0.25) is 14.3 Å². The van der Waals surface area contributed by atoms with Gasteiger partial charge in [0.1, 0.15) is 12.4 Å². The summed E-state index contributed by atoms with van der Waals surface area (Å²) in [6.45, 7) is 2.51. The number of ether oxygens (including phenoxy) is 1. The first kappa shape index (κ1) is 22.7. The van der Waals surface area contributed by atoms with Gasteiger partial charge in [0.2, 0.25) is 5.75 Å². The molecule has 1 saturated carbocycles. The van der Waals surface area contributed by atoms with E-state index in [0.717, 1.165) is 41.6 Å². The maximum Gasteiger partial charge on any atom is 0.406 e. The second kappa shape index (κ2) is 8.63. The lowest BCUT2D eigenvalue weighted by atomic mass is 9.59. The first-order chi connectivity index (χ1) is 15.7. The van der Waals surface area contributed by atoms with E-state index in [9.17, 15) is 18.0 Å². The van der Waals surface area contributed by atoms with Crippen LogP contribution in [0.2, 0.25) is 0 Å². The molecule has 1 aromatic heterocycles. The maximum atomic E-state index is 13.3. The topological polar surface area (TPSA) is 50.6 Å². The van der Waals surface area contributed by atoms with E-state index in [4.69, 9.17) is 4.74 Å². The third-order valence-corrected chi connectivity index (χ3v) is 7.68. The van der Waals surface area contributed by atoms with Crippen LogP contribution in [0.15, 0.2) is 35.3 Å². The van der Waals surface area contributed by atoms with Gasteiger partial charge in [-0.15, -0.1) is 0 Å². The van der Waals surface area contributed by atoms with Crippen molar-refractivity contribution in [2.45, 2.75) is 45.2 Å². The molecule has 3 aliphatic rings. The van der Waals surface area contributed by atoms with Crippen LogP contribution in [0.5, 0.6) is 5.75 Å². The Labute approximate surface area is 194 Å². The third kappa shape index (κ3) is 4.79. The lowest BCUT2D eigenvalue weighted by Crippen LogP contribution is -2.60. The Morgan fingerprint density at radius 2 is 1.85 bits per heavy atom. The predicted octanol–water partition coefficient (Wildman–Crippen LogP) is 3.69. The summed E-state index contributed by atoms with van der Waals surface area (Å²) in [4.78, 5) is 19.2. The highest BCUT2D eigenvalue weighted by molar-refractivity contribution is 7.96. The molecule has 0 atom stereocenters. The second-order valence-corrected chi connectivity index (χ2v) is 10.4. The number of halogens is 3. The highest BCUT2D eigenvalue weighted by Crippen LogP contribution is 2.53. The molecule has 33 heavy (non-hydrogen) atoms. The standard InChI is InChI=1S/C23H27F3N4O2S/c1-33-29-13-22(14-29)6-16(7-22)12-32-19-8-27-20(30(21(19)31)15-23(24,25)26)11-28-9-17-4-2-3-5-18(17)10-28/h2-5,8,16H,6-7,9-15H2,1H3. The van der Waals surface area contributed by atoms with E-state index in [0.29, 0.717) is 31.0 Å². The molecule has 0 radical (unpaired) electrons. The van der Waals surface area contributed by atoms with Crippen molar-refractivity contribution in [3.8, 4) is 5.75 Å². The fourth-order valence-corrected chi connectivity index (χ4v) is 6.18. The van der Waals surface area contributed by atoms with Gasteiger partial charge in [0.25, 0.3) is 5.56 Å². The molecule has 1 saturated heterocycles. The molecule has 1 aliphatic carbocycles. The summed E-state index contributed by atoms with van der Waals surface area (Å²) in [6.07, 6.45) is 0.891. The van der Waals surface area contributed by atoms with Crippen LogP contribution in [0.3, 0.4) is 0 Å². The van der Waals surface area contributed by atoms with E-state index < -0.39 is 18.3 Å². The van der Waals surface area contributed by atoms with Crippen LogP contribution < -0.4 is 10.3 Å². The van der Waals surface area contributed by atoms with Crippen molar-refractivity contribution < 1.29 is 17.9 Å². The number of benzene rings is 1. The van der Waals surface area contributed by atoms with Gasteiger partial charge in [-0.2, -0.15) is 13.2 Å². The zero-order valence-electron chi connectivity index (χ0n) is 18.5. The van der Waals surface area contributed by atoms with Crippen molar-refractivity contribution in [1.82, 2.24) is 18.8 Å². The number of hydrogen-bond acceptors (Lipinski definition) is 6. The van der Waals surface area contributed by atoms with E-state index in [2.05, 4.69) is 15.5 Å². The van der Waals surface area contributed by atoms with Crippen LogP contribution in [0.4, 0.5) is 13.2 Å². The number of aromatic nitrogens is 2. The number of rotatable bonds is 7. The maximum absolute atomic E-state index is 13.3. The number of fused-ring (bicyclic) bond motifs is 1. The molecule has 10 heteroatoms. The molecule has 2 aromatic rings. The number of alkyl halides is 3. The predicted molar refractivity (Wildman–Crippen MR) is 120 cm³/mol. The fourth-order valence-electron chi connectivity index (χ4n) is 5.37. The van der Waals surface area contributed by atoms with Gasteiger partial charge in [0.15, 0.2) is 0 Å². The van der Waals surface area contributed by atoms with Crippen molar-refractivity contribution in [1.29, 1.82) is 0 Å². The van der Waals surface area contributed by atoms with Crippen molar-refractivity contribution in [2.75, 3.05) is 26.0 Å². The molecule has 3 heterocycles. The smallest absolute Gasteiger partial charge is 0.406 e. The van der Waals surface area contributed by atoms with Gasteiger partial charge in [0.05, 0.1) is 19.3 Å². The Morgan fingerprint density at radius 1 is 1.18 bits per heavy atom. The van der Waals surface area contributed by atoms with Gasteiger partial charge < -0.3 is 4.74 Å². The summed E-state index contributed by atoms with van der Waals surface area (Å²) in [5, 5.41) is 0. The Bertz CT molecular complexity index is 1050. The summed E-state index contributed by atoms with van der Waals surface area (Å²) in [5.41, 5.74) is 1.89. The van der Waals surface area contributed by atoms with E-state index in [1.807, 2.05) is 29.2 Å². The molecule has 6 nitrogen and oxygen atoms in total. The first-order valence-corrected chi connectivity index (χ1v) is 12.3. The lowest BCUT2D eigenvalue weighted by Gasteiger charge is -2.58. The van der Waals surface area contributed by atoms with Gasteiger partial charge in [-0.05, 0) is 41.6 Å². The molecular weight excluding hydrogens is 453 g/mol. The summed E-state index contributed by atoms with van der Waals surface area (Å²) in [6, 6.07) is 7.91. The van der Waals surface area contributed by atoms with Crippen LogP contribution in [-0.2, 0) is 26.2 Å².